The topological polar surface area (TPSA) is 74.6 Å². The number of likely N-dealkylation sites (N-methyl/N-ethyl adjacent to an activating group) is 1. The van der Waals surface area contributed by atoms with E-state index in [1.165, 1.54) is 0 Å². The molecule has 0 saturated carbocycles. The lowest BCUT2D eigenvalue weighted by atomic mass is 9.74. The molecule has 0 bridgehead atoms. The Morgan fingerprint density at radius 3 is 2.75 bits per heavy atom. The maximum atomic E-state index is 13.3. The number of furan rings is 1. The summed E-state index contributed by atoms with van der Waals surface area (Å²) >= 11 is 0. The van der Waals surface area contributed by atoms with Gasteiger partial charge in [0.25, 0.3) is 0 Å². The van der Waals surface area contributed by atoms with Crippen molar-refractivity contribution in [3.05, 3.63) is 59.7 Å². The number of anilines is 2. The number of Topliss-reactive ketones (excluding diaryl/α,β-unsaturated/α-hetero) is 1. The number of nitrogens with one attached hydrogen (secondary N) is 2. The first-order valence-corrected chi connectivity index (χ1v) is 9.52. The van der Waals surface area contributed by atoms with Crippen molar-refractivity contribution in [2.24, 2.45) is 5.41 Å². The molecule has 0 unspecified atom stereocenters. The van der Waals surface area contributed by atoms with Gasteiger partial charge in [-0.05, 0) is 36.1 Å². The van der Waals surface area contributed by atoms with Crippen molar-refractivity contribution in [1.82, 2.24) is 5.32 Å². The zero-order valence-electron chi connectivity index (χ0n) is 16.4. The van der Waals surface area contributed by atoms with Gasteiger partial charge in [0.2, 0.25) is 5.91 Å². The van der Waals surface area contributed by atoms with Gasteiger partial charge in [0, 0.05) is 24.7 Å². The number of hydrogen-bond acceptors (Lipinski definition) is 5. The lowest BCUT2D eigenvalue weighted by Crippen LogP contribution is -2.41. The minimum Gasteiger partial charge on any atom is -0.467 e. The average molecular weight is 379 g/mol. The molecule has 4 rings (SSSR count). The summed E-state index contributed by atoms with van der Waals surface area (Å²) in [6.45, 7) is 4.34. The van der Waals surface area contributed by atoms with E-state index in [0.29, 0.717) is 17.8 Å². The molecule has 146 valence electrons. The summed E-state index contributed by atoms with van der Waals surface area (Å²) in [5, 5.41) is 6.20. The van der Waals surface area contributed by atoms with Crippen LogP contribution in [0.25, 0.3) is 0 Å². The number of amides is 1. The van der Waals surface area contributed by atoms with Gasteiger partial charge < -0.3 is 20.0 Å². The van der Waals surface area contributed by atoms with E-state index < -0.39 is 6.04 Å². The quantitative estimate of drug-likeness (QED) is 0.852. The normalized spacial score (nSPS) is 20.8. The van der Waals surface area contributed by atoms with E-state index >= 15 is 0 Å². The zero-order chi connectivity index (χ0) is 19.9. The highest BCUT2D eigenvalue weighted by atomic mass is 16.3. The molecule has 1 aliphatic heterocycles. The van der Waals surface area contributed by atoms with E-state index in [1.807, 2.05) is 41.3 Å². The summed E-state index contributed by atoms with van der Waals surface area (Å²) in [6.07, 6.45) is 2.83. The third-order valence-corrected chi connectivity index (χ3v) is 5.41. The van der Waals surface area contributed by atoms with Crippen LogP contribution >= 0.6 is 0 Å². The molecule has 1 aromatic carbocycles. The van der Waals surface area contributed by atoms with E-state index in [1.54, 1.807) is 13.3 Å². The fourth-order valence-electron chi connectivity index (χ4n) is 4.20. The fraction of sp³-hybridized carbons (Fsp3) is 0.364. The van der Waals surface area contributed by atoms with Crippen LogP contribution in [-0.2, 0) is 9.59 Å². The molecule has 0 radical (unpaired) electrons. The lowest BCUT2D eigenvalue weighted by molar-refractivity contribution is -0.120. The molecule has 0 saturated heterocycles. The van der Waals surface area contributed by atoms with Crippen LogP contribution in [0.2, 0.25) is 0 Å². The molecule has 2 aliphatic rings. The Bertz CT molecular complexity index is 944. The molecule has 2 N–H and O–H groups in total. The number of hydrogen-bond donors (Lipinski definition) is 2. The number of carbonyl (C=O) groups excluding carboxylic acids is 2. The van der Waals surface area contributed by atoms with Crippen molar-refractivity contribution < 1.29 is 14.0 Å². The van der Waals surface area contributed by atoms with E-state index in [-0.39, 0.29) is 23.7 Å². The molecule has 2 aromatic rings. The van der Waals surface area contributed by atoms with Crippen LogP contribution < -0.4 is 15.5 Å². The van der Waals surface area contributed by atoms with Crippen LogP contribution in [0.1, 0.15) is 38.5 Å². The summed E-state index contributed by atoms with van der Waals surface area (Å²) in [6, 6.07) is 11.1. The second-order valence-corrected chi connectivity index (χ2v) is 8.19. The van der Waals surface area contributed by atoms with Crippen molar-refractivity contribution in [2.75, 3.05) is 23.8 Å². The van der Waals surface area contributed by atoms with Crippen LogP contribution in [0.15, 0.2) is 58.3 Å². The Morgan fingerprint density at radius 2 is 2.04 bits per heavy atom. The Labute approximate surface area is 164 Å². The van der Waals surface area contributed by atoms with Crippen molar-refractivity contribution in [1.29, 1.82) is 0 Å². The maximum Gasteiger partial charge on any atom is 0.239 e. The average Bonchev–Trinajstić information content (AvgIpc) is 3.13. The van der Waals surface area contributed by atoms with E-state index in [4.69, 9.17) is 4.42 Å². The van der Waals surface area contributed by atoms with Crippen molar-refractivity contribution in [3.8, 4) is 0 Å². The highest BCUT2D eigenvalue weighted by molar-refractivity contribution is 6.01. The van der Waals surface area contributed by atoms with Crippen LogP contribution in [0, 0.1) is 5.41 Å². The van der Waals surface area contributed by atoms with Crippen molar-refractivity contribution >= 4 is 23.1 Å². The number of carbonyl (C=O) groups is 2. The predicted molar refractivity (Wildman–Crippen MR) is 108 cm³/mol. The number of nitrogens with zero attached hydrogens (tertiary/aromatic N) is 1. The van der Waals surface area contributed by atoms with E-state index in [2.05, 4.69) is 24.5 Å². The van der Waals surface area contributed by atoms with Gasteiger partial charge in [-0.2, -0.15) is 0 Å². The monoisotopic (exact) mass is 379 g/mol. The van der Waals surface area contributed by atoms with Crippen molar-refractivity contribution in [2.45, 2.75) is 32.7 Å². The summed E-state index contributed by atoms with van der Waals surface area (Å²) in [7, 11) is 1.62. The number of rotatable bonds is 3. The second kappa shape index (κ2) is 6.86. The second-order valence-electron chi connectivity index (χ2n) is 8.19. The third-order valence-electron chi connectivity index (χ3n) is 5.41. The summed E-state index contributed by atoms with van der Waals surface area (Å²) < 4.78 is 5.75. The number of para-hydroxylation sites is 2. The number of benzene rings is 1. The smallest absolute Gasteiger partial charge is 0.239 e. The molecule has 1 atom stereocenters. The molecule has 2 heterocycles. The number of allylic oxidation sites excluding steroid dienone is 1. The Balaban J connectivity index is 1.94. The third kappa shape index (κ3) is 3.19. The lowest BCUT2D eigenvalue weighted by Gasteiger charge is -2.36. The summed E-state index contributed by atoms with van der Waals surface area (Å²) in [5.41, 5.74) is 3.23. The molecule has 1 amide bonds. The summed E-state index contributed by atoms with van der Waals surface area (Å²) in [4.78, 5) is 27.6. The number of fused-ring (bicyclic) bond motifs is 1. The zero-order valence-corrected chi connectivity index (χ0v) is 16.4. The SMILES string of the molecule is CNC(=O)CN1c2ccccc2NC2=C(C(=O)CC(C)(C)C2)[C@H]1c1ccco1. The van der Waals surface area contributed by atoms with E-state index in [9.17, 15) is 9.59 Å². The molecular formula is C22H25N3O3. The standard InChI is InChI=1S/C22H25N3O3/c1-22(2)11-15-20(17(26)12-22)21(18-9-6-10-28-18)25(13-19(27)23-3)16-8-5-4-7-14(16)24-15/h4-10,21,24H,11-13H2,1-3H3,(H,23,27)/t21-/m1/s1. The summed E-state index contributed by atoms with van der Waals surface area (Å²) in [5.74, 6) is 0.622. The van der Waals surface area contributed by atoms with Gasteiger partial charge in [-0.3, -0.25) is 9.59 Å². The Hall–Kier alpha value is -3.02. The Kier molecular flexibility index (Phi) is 4.49. The molecule has 1 aliphatic carbocycles. The van der Waals surface area contributed by atoms with Gasteiger partial charge >= 0.3 is 0 Å². The molecule has 1 aromatic heterocycles. The fourth-order valence-corrected chi connectivity index (χ4v) is 4.20. The first-order chi connectivity index (χ1) is 13.4. The molecule has 28 heavy (non-hydrogen) atoms. The van der Waals surface area contributed by atoms with Crippen LogP contribution in [0.3, 0.4) is 0 Å². The first kappa shape index (κ1) is 18.3. The van der Waals surface area contributed by atoms with Gasteiger partial charge in [0.05, 0.1) is 24.2 Å². The molecular weight excluding hydrogens is 354 g/mol. The van der Waals surface area contributed by atoms with Gasteiger partial charge in [-0.25, -0.2) is 0 Å². The van der Waals surface area contributed by atoms with Crippen LogP contribution in [0.4, 0.5) is 11.4 Å². The van der Waals surface area contributed by atoms with Crippen LogP contribution in [-0.4, -0.2) is 25.3 Å². The molecule has 6 heteroatoms. The van der Waals surface area contributed by atoms with Gasteiger partial charge in [-0.15, -0.1) is 0 Å². The molecule has 0 spiro atoms. The Morgan fingerprint density at radius 1 is 1.25 bits per heavy atom. The molecule has 6 nitrogen and oxygen atoms in total. The highest BCUT2D eigenvalue weighted by Crippen LogP contribution is 2.48. The predicted octanol–water partition coefficient (Wildman–Crippen LogP) is 3.64. The first-order valence-electron chi connectivity index (χ1n) is 9.52. The maximum absolute atomic E-state index is 13.3. The van der Waals surface area contributed by atoms with Gasteiger partial charge in [0.1, 0.15) is 11.8 Å². The van der Waals surface area contributed by atoms with Gasteiger partial charge in [-0.1, -0.05) is 26.0 Å². The van der Waals surface area contributed by atoms with Crippen LogP contribution in [0.5, 0.6) is 0 Å². The van der Waals surface area contributed by atoms with E-state index in [0.717, 1.165) is 23.5 Å². The number of ketones is 1. The molecule has 0 fully saturated rings. The minimum atomic E-state index is -0.456. The highest BCUT2D eigenvalue weighted by Gasteiger charge is 2.42. The largest absolute Gasteiger partial charge is 0.467 e. The van der Waals surface area contributed by atoms with Gasteiger partial charge in [0.15, 0.2) is 5.78 Å². The minimum absolute atomic E-state index is 0.0925. The van der Waals surface area contributed by atoms with Crippen molar-refractivity contribution in [3.63, 3.8) is 0 Å².